The molecule has 0 radical (unpaired) electrons. The van der Waals surface area contributed by atoms with Gasteiger partial charge in [0.2, 0.25) is 0 Å². The van der Waals surface area contributed by atoms with Crippen LogP contribution in [0.15, 0.2) is 59.3 Å². The molecule has 3 aromatic rings. The first-order valence-corrected chi connectivity index (χ1v) is 10.3. The number of anilines is 1. The third-order valence-electron chi connectivity index (χ3n) is 5.08. The van der Waals surface area contributed by atoms with E-state index in [1.807, 2.05) is 42.3 Å². The average Bonchev–Trinajstić information content (AvgIpc) is 3.41. The molecule has 29 heavy (non-hydrogen) atoms. The Morgan fingerprint density at radius 1 is 1.07 bits per heavy atom. The first kappa shape index (κ1) is 19.4. The molecule has 6 nitrogen and oxygen atoms in total. The number of carbonyl (C=O) groups excluding carboxylic acids is 2. The fourth-order valence-electron chi connectivity index (χ4n) is 3.50. The topological polar surface area (TPSA) is 67.2 Å². The molecule has 1 aliphatic heterocycles. The molecule has 7 heteroatoms. The van der Waals surface area contributed by atoms with Gasteiger partial charge < -0.3 is 10.2 Å². The first-order valence-electron chi connectivity index (χ1n) is 9.54. The second-order valence-electron chi connectivity index (χ2n) is 7.10. The van der Waals surface area contributed by atoms with Crippen LogP contribution in [0.4, 0.5) is 5.69 Å². The zero-order valence-electron chi connectivity index (χ0n) is 16.1. The molecule has 2 heterocycles. The highest BCUT2D eigenvalue weighted by Gasteiger charge is 2.23. The zero-order chi connectivity index (χ0) is 20.4. The third kappa shape index (κ3) is 4.10. The Bertz CT molecular complexity index is 1050. The molecule has 0 bridgehead atoms. The summed E-state index contributed by atoms with van der Waals surface area (Å²) in [4.78, 5) is 27.6. The molecule has 4 rings (SSSR count). The van der Waals surface area contributed by atoms with Crippen molar-refractivity contribution in [2.75, 3.05) is 18.4 Å². The summed E-state index contributed by atoms with van der Waals surface area (Å²) in [7, 11) is 0. The normalized spacial score (nSPS) is 13.5. The lowest BCUT2D eigenvalue weighted by Crippen LogP contribution is -2.29. The summed E-state index contributed by atoms with van der Waals surface area (Å²) in [5.74, 6) is -0.274. The molecule has 0 atom stereocenters. The van der Waals surface area contributed by atoms with Crippen LogP contribution in [0.3, 0.4) is 0 Å². The van der Waals surface area contributed by atoms with E-state index in [0.29, 0.717) is 16.8 Å². The van der Waals surface area contributed by atoms with Crippen molar-refractivity contribution >= 4 is 33.4 Å². The maximum absolute atomic E-state index is 12.9. The smallest absolute Gasteiger partial charge is 0.255 e. The molecule has 2 amide bonds. The largest absolute Gasteiger partial charge is 0.339 e. The first-order chi connectivity index (χ1) is 14.0. The van der Waals surface area contributed by atoms with E-state index in [9.17, 15) is 9.59 Å². The van der Waals surface area contributed by atoms with E-state index in [1.54, 1.807) is 29.1 Å². The summed E-state index contributed by atoms with van der Waals surface area (Å²) in [6.45, 7) is 3.44. The van der Waals surface area contributed by atoms with Crippen molar-refractivity contribution < 1.29 is 9.59 Å². The van der Waals surface area contributed by atoms with Crippen LogP contribution in [0.1, 0.15) is 39.1 Å². The molecule has 1 saturated heterocycles. The van der Waals surface area contributed by atoms with E-state index in [1.165, 1.54) is 0 Å². The summed E-state index contributed by atoms with van der Waals surface area (Å²) in [5.41, 5.74) is 3.35. The number of para-hydroxylation sites is 1. The summed E-state index contributed by atoms with van der Waals surface area (Å²) < 4.78 is 2.61. The number of benzene rings is 2. The standard InChI is InChI=1S/C22H21BrN4O2/c1-15-5-4-6-19(22(29)26-11-2-3-12-26)20(15)25-21(28)16-7-9-18(10-8-16)27-14-17(23)13-24-27/h4-10,13-14H,2-3,11-12H2,1H3,(H,25,28). The lowest BCUT2D eigenvalue weighted by atomic mass is 10.1. The summed E-state index contributed by atoms with van der Waals surface area (Å²) in [5, 5.41) is 7.18. The van der Waals surface area contributed by atoms with Crippen molar-refractivity contribution in [1.82, 2.24) is 14.7 Å². The van der Waals surface area contributed by atoms with Crippen LogP contribution in [0, 0.1) is 6.92 Å². The molecule has 1 N–H and O–H groups in total. The monoisotopic (exact) mass is 452 g/mol. The Balaban J connectivity index is 1.56. The number of aryl methyl sites for hydroxylation is 1. The van der Waals surface area contributed by atoms with E-state index in [0.717, 1.165) is 41.7 Å². The Hall–Kier alpha value is -2.93. The van der Waals surface area contributed by atoms with Crippen molar-refractivity contribution in [3.63, 3.8) is 0 Å². The predicted molar refractivity (Wildman–Crippen MR) is 116 cm³/mol. The number of amides is 2. The zero-order valence-corrected chi connectivity index (χ0v) is 17.6. The average molecular weight is 453 g/mol. The van der Waals surface area contributed by atoms with Crippen LogP contribution in [0.5, 0.6) is 0 Å². The number of aromatic nitrogens is 2. The highest BCUT2D eigenvalue weighted by Crippen LogP contribution is 2.25. The molecule has 0 unspecified atom stereocenters. The fraction of sp³-hybridized carbons (Fsp3) is 0.227. The van der Waals surface area contributed by atoms with Gasteiger partial charge in [-0.3, -0.25) is 9.59 Å². The molecular weight excluding hydrogens is 432 g/mol. The van der Waals surface area contributed by atoms with Gasteiger partial charge >= 0.3 is 0 Å². The van der Waals surface area contributed by atoms with Gasteiger partial charge in [0.1, 0.15) is 0 Å². The minimum Gasteiger partial charge on any atom is -0.339 e. The molecule has 2 aromatic carbocycles. The van der Waals surface area contributed by atoms with Gasteiger partial charge in [-0.1, -0.05) is 12.1 Å². The fourth-order valence-corrected chi connectivity index (χ4v) is 3.78. The molecular formula is C22H21BrN4O2. The van der Waals surface area contributed by atoms with Gasteiger partial charge in [0.15, 0.2) is 0 Å². The van der Waals surface area contributed by atoms with Gasteiger partial charge in [-0.05, 0) is 71.6 Å². The quantitative estimate of drug-likeness (QED) is 0.636. The number of likely N-dealkylation sites (tertiary alicyclic amines) is 1. The van der Waals surface area contributed by atoms with Gasteiger partial charge in [0, 0.05) is 24.8 Å². The number of hydrogen-bond donors (Lipinski definition) is 1. The second-order valence-corrected chi connectivity index (χ2v) is 8.02. The van der Waals surface area contributed by atoms with Crippen LogP contribution in [0.25, 0.3) is 5.69 Å². The SMILES string of the molecule is Cc1cccc(C(=O)N2CCCC2)c1NC(=O)c1ccc(-n2cc(Br)cn2)cc1. The number of rotatable bonds is 4. The number of carbonyl (C=O) groups is 2. The minimum atomic E-state index is -0.247. The summed E-state index contributed by atoms with van der Waals surface area (Å²) in [6.07, 6.45) is 5.60. The van der Waals surface area contributed by atoms with E-state index in [-0.39, 0.29) is 11.8 Å². The second kappa shape index (κ2) is 8.21. The van der Waals surface area contributed by atoms with Crippen molar-refractivity contribution in [1.29, 1.82) is 0 Å². The van der Waals surface area contributed by atoms with Gasteiger partial charge in [0.25, 0.3) is 11.8 Å². The lowest BCUT2D eigenvalue weighted by Gasteiger charge is -2.19. The van der Waals surface area contributed by atoms with Crippen LogP contribution >= 0.6 is 15.9 Å². The summed E-state index contributed by atoms with van der Waals surface area (Å²) in [6, 6.07) is 12.7. The maximum atomic E-state index is 12.9. The molecule has 0 spiro atoms. The minimum absolute atomic E-state index is 0.0268. The van der Waals surface area contributed by atoms with Crippen molar-refractivity contribution in [3.05, 3.63) is 76.0 Å². The highest BCUT2D eigenvalue weighted by atomic mass is 79.9. The molecule has 148 valence electrons. The molecule has 1 aliphatic rings. The molecule has 0 saturated carbocycles. The Morgan fingerprint density at radius 3 is 2.45 bits per heavy atom. The van der Waals surface area contributed by atoms with Crippen LogP contribution in [0.2, 0.25) is 0 Å². The summed E-state index contributed by atoms with van der Waals surface area (Å²) >= 11 is 3.38. The maximum Gasteiger partial charge on any atom is 0.255 e. The van der Waals surface area contributed by atoms with Crippen molar-refractivity contribution in [2.45, 2.75) is 19.8 Å². The highest BCUT2D eigenvalue weighted by molar-refractivity contribution is 9.10. The van der Waals surface area contributed by atoms with Gasteiger partial charge in [0.05, 0.1) is 27.6 Å². The van der Waals surface area contributed by atoms with Crippen molar-refractivity contribution in [3.8, 4) is 5.69 Å². The van der Waals surface area contributed by atoms with E-state index in [4.69, 9.17) is 0 Å². The Labute approximate surface area is 177 Å². The molecule has 0 aliphatic carbocycles. The number of hydrogen-bond acceptors (Lipinski definition) is 3. The van der Waals surface area contributed by atoms with Crippen LogP contribution in [-0.2, 0) is 0 Å². The number of nitrogens with zero attached hydrogens (tertiary/aromatic N) is 3. The predicted octanol–water partition coefficient (Wildman–Crippen LogP) is 4.43. The van der Waals surface area contributed by atoms with E-state index in [2.05, 4.69) is 26.3 Å². The molecule has 1 fully saturated rings. The Kier molecular flexibility index (Phi) is 5.49. The van der Waals surface area contributed by atoms with E-state index >= 15 is 0 Å². The lowest BCUT2D eigenvalue weighted by molar-refractivity contribution is 0.0794. The number of nitrogens with one attached hydrogen (secondary N) is 1. The Morgan fingerprint density at radius 2 is 1.79 bits per heavy atom. The van der Waals surface area contributed by atoms with Gasteiger partial charge in [-0.15, -0.1) is 0 Å². The van der Waals surface area contributed by atoms with Crippen LogP contribution < -0.4 is 5.32 Å². The van der Waals surface area contributed by atoms with Crippen molar-refractivity contribution in [2.24, 2.45) is 0 Å². The molecule has 1 aromatic heterocycles. The van der Waals surface area contributed by atoms with Gasteiger partial charge in [-0.25, -0.2) is 4.68 Å². The van der Waals surface area contributed by atoms with E-state index < -0.39 is 0 Å². The number of halogens is 1. The van der Waals surface area contributed by atoms with Gasteiger partial charge in [-0.2, -0.15) is 5.10 Å². The third-order valence-corrected chi connectivity index (χ3v) is 5.49. The van der Waals surface area contributed by atoms with Crippen LogP contribution in [-0.4, -0.2) is 39.6 Å².